The Hall–Kier alpha value is -0.710. The number of piperidine rings is 1. The monoisotopic (exact) mass is 330 g/mol. The SMILES string of the molecule is CCNc1nc(NCCC2CCN(C)CC2)c(Cl)cc1Cl. The molecule has 118 valence electrons. The van der Waals surface area contributed by atoms with Crippen molar-refractivity contribution >= 4 is 34.8 Å². The van der Waals surface area contributed by atoms with E-state index >= 15 is 0 Å². The van der Waals surface area contributed by atoms with Gasteiger partial charge in [-0.15, -0.1) is 0 Å². The molecular weight excluding hydrogens is 307 g/mol. The van der Waals surface area contributed by atoms with Crippen molar-refractivity contribution in [2.75, 3.05) is 43.9 Å². The second-order valence-electron chi connectivity index (χ2n) is 5.64. The van der Waals surface area contributed by atoms with Gasteiger partial charge in [0.25, 0.3) is 0 Å². The number of halogens is 2. The molecule has 1 aromatic rings. The molecule has 0 aliphatic carbocycles. The number of rotatable bonds is 6. The number of aromatic nitrogens is 1. The third kappa shape index (κ3) is 4.90. The van der Waals surface area contributed by atoms with Gasteiger partial charge in [-0.05, 0) is 58.3 Å². The third-order valence-electron chi connectivity index (χ3n) is 3.96. The van der Waals surface area contributed by atoms with Gasteiger partial charge >= 0.3 is 0 Å². The summed E-state index contributed by atoms with van der Waals surface area (Å²) in [7, 11) is 2.19. The lowest BCUT2D eigenvalue weighted by Crippen LogP contribution is -2.30. The highest BCUT2D eigenvalue weighted by atomic mass is 35.5. The fraction of sp³-hybridized carbons (Fsp3) is 0.667. The van der Waals surface area contributed by atoms with Crippen LogP contribution in [0.5, 0.6) is 0 Å². The first-order valence-electron chi connectivity index (χ1n) is 7.62. The van der Waals surface area contributed by atoms with Gasteiger partial charge in [0.2, 0.25) is 0 Å². The molecule has 0 atom stereocenters. The first kappa shape index (κ1) is 16.7. The van der Waals surface area contributed by atoms with Gasteiger partial charge in [0.1, 0.15) is 11.6 Å². The van der Waals surface area contributed by atoms with Crippen LogP contribution in [-0.4, -0.2) is 43.1 Å². The zero-order valence-electron chi connectivity index (χ0n) is 12.8. The maximum absolute atomic E-state index is 6.20. The average Bonchev–Trinajstić information content (AvgIpc) is 2.46. The molecular formula is C15H24Cl2N4. The van der Waals surface area contributed by atoms with Gasteiger partial charge in [-0.3, -0.25) is 0 Å². The van der Waals surface area contributed by atoms with E-state index in [-0.39, 0.29) is 0 Å². The van der Waals surface area contributed by atoms with E-state index in [1.807, 2.05) is 6.92 Å². The van der Waals surface area contributed by atoms with Crippen LogP contribution in [0.25, 0.3) is 0 Å². The van der Waals surface area contributed by atoms with Crippen LogP contribution >= 0.6 is 23.2 Å². The molecule has 0 bridgehead atoms. The standard InChI is InChI=1S/C15H24Cl2N4/c1-3-18-14-12(16)10-13(17)15(20-14)19-7-4-11-5-8-21(2)9-6-11/h10-11H,3-9H2,1-2H3,(H2,18,19,20). The highest BCUT2D eigenvalue weighted by Crippen LogP contribution is 2.29. The second-order valence-corrected chi connectivity index (χ2v) is 6.46. The molecule has 21 heavy (non-hydrogen) atoms. The first-order chi connectivity index (χ1) is 10.1. The predicted molar refractivity (Wildman–Crippen MR) is 91.7 cm³/mol. The van der Waals surface area contributed by atoms with Crippen LogP contribution < -0.4 is 10.6 Å². The Kier molecular flexibility index (Phi) is 6.40. The number of likely N-dealkylation sites (tertiary alicyclic amines) is 1. The van der Waals surface area contributed by atoms with E-state index in [4.69, 9.17) is 23.2 Å². The van der Waals surface area contributed by atoms with Crippen LogP contribution in [0, 0.1) is 5.92 Å². The van der Waals surface area contributed by atoms with Gasteiger partial charge in [-0.2, -0.15) is 0 Å². The molecule has 1 aliphatic rings. The maximum atomic E-state index is 6.20. The molecule has 1 saturated heterocycles. The summed E-state index contributed by atoms with van der Waals surface area (Å²) in [5.74, 6) is 2.20. The molecule has 1 aliphatic heterocycles. The number of hydrogen-bond acceptors (Lipinski definition) is 4. The molecule has 0 saturated carbocycles. The van der Waals surface area contributed by atoms with Crippen molar-refractivity contribution in [2.24, 2.45) is 5.92 Å². The zero-order valence-corrected chi connectivity index (χ0v) is 14.3. The van der Waals surface area contributed by atoms with Crippen molar-refractivity contribution in [3.8, 4) is 0 Å². The Balaban J connectivity index is 1.86. The summed E-state index contributed by atoms with van der Waals surface area (Å²) in [6.07, 6.45) is 3.72. The van der Waals surface area contributed by atoms with Gasteiger partial charge in [-0.1, -0.05) is 23.2 Å². The third-order valence-corrected chi connectivity index (χ3v) is 4.53. The second kappa shape index (κ2) is 8.06. The molecule has 4 nitrogen and oxygen atoms in total. The molecule has 2 rings (SSSR count). The topological polar surface area (TPSA) is 40.2 Å². The van der Waals surface area contributed by atoms with E-state index in [2.05, 4.69) is 27.6 Å². The molecule has 0 unspecified atom stereocenters. The Labute approximate surface area is 137 Å². The van der Waals surface area contributed by atoms with Crippen LogP contribution in [-0.2, 0) is 0 Å². The minimum atomic E-state index is 0.558. The van der Waals surface area contributed by atoms with E-state index in [0.29, 0.717) is 21.7 Å². The lowest BCUT2D eigenvalue weighted by Gasteiger charge is -2.29. The molecule has 0 spiro atoms. The van der Waals surface area contributed by atoms with E-state index in [9.17, 15) is 0 Å². The fourth-order valence-corrected chi connectivity index (χ4v) is 3.12. The van der Waals surface area contributed by atoms with E-state index in [1.165, 1.54) is 25.9 Å². The minimum absolute atomic E-state index is 0.558. The number of pyridine rings is 1. The van der Waals surface area contributed by atoms with Crippen molar-refractivity contribution in [2.45, 2.75) is 26.2 Å². The number of nitrogens with one attached hydrogen (secondary N) is 2. The predicted octanol–water partition coefficient (Wildman–Crippen LogP) is 3.96. The van der Waals surface area contributed by atoms with Crippen molar-refractivity contribution in [1.82, 2.24) is 9.88 Å². The number of hydrogen-bond donors (Lipinski definition) is 2. The summed E-state index contributed by atoms with van der Waals surface area (Å²) in [5.41, 5.74) is 0. The van der Waals surface area contributed by atoms with Gasteiger partial charge in [0.15, 0.2) is 0 Å². The number of nitrogens with zero attached hydrogens (tertiary/aromatic N) is 2. The van der Waals surface area contributed by atoms with Crippen LogP contribution in [0.2, 0.25) is 10.0 Å². The lowest BCUT2D eigenvalue weighted by atomic mass is 9.94. The van der Waals surface area contributed by atoms with Crippen molar-refractivity contribution < 1.29 is 0 Å². The summed E-state index contributed by atoms with van der Waals surface area (Å²) >= 11 is 12.3. The molecule has 0 aromatic carbocycles. The summed E-state index contributed by atoms with van der Waals surface area (Å²) in [6.45, 7) is 6.10. The first-order valence-corrected chi connectivity index (χ1v) is 8.38. The summed E-state index contributed by atoms with van der Waals surface area (Å²) in [4.78, 5) is 6.86. The fourth-order valence-electron chi connectivity index (χ4n) is 2.63. The van der Waals surface area contributed by atoms with E-state index in [0.717, 1.165) is 25.4 Å². The van der Waals surface area contributed by atoms with Crippen LogP contribution in [0.3, 0.4) is 0 Å². The molecule has 2 heterocycles. The van der Waals surface area contributed by atoms with Gasteiger partial charge in [0.05, 0.1) is 10.0 Å². The molecule has 2 N–H and O–H groups in total. The van der Waals surface area contributed by atoms with Gasteiger partial charge in [0, 0.05) is 13.1 Å². The average molecular weight is 331 g/mol. The lowest BCUT2D eigenvalue weighted by molar-refractivity contribution is 0.215. The molecule has 0 radical (unpaired) electrons. The summed E-state index contributed by atoms with van der Waals surface area (Å²) in [5, 5.41) is 7.62. The molecule has 1 aromatic heterocycles. The Morgan fingerprint density at radius 2 is 1.81 bits per heavy atom. The highest BCUT2D eigenvalue weighted by molar-refractivity contribution is 6.37. The Bertz CT molecular complexity index is 459. The maximum Gasteiger partial charge on any atom is 0.147 e. The molecule has 1 fully saturated rings. The van der Waals surface area contributed by atoms with Crippen LogP contribution in [0.15, 0.2) is 6.07 Å². The van der Waals surface area contributed by atoms with Crippen molar-refractivity contribution in [3.63, 3.8) is 0 Å². The summed E-state index contributed by atoms with van der Waals surface area (Å²) < 4.78 is 0. The normalized spacial score (nSPS) is 17.0. The van der Waals surface area contributed by atoms with Gasteiger partial charge < -0.3 is 15.5 Å². The molecule has 6 heteroatoms. The quantitative estimate of drug-likeness (QED) is 0.828. The van der Waals surface area contributed by atoms with Crippen molar-refractivity contribution in [1.29, 1.82) is 0 Å². The summed E-state index contributed by atoms with van der Waals surface area (Å²) in [6, 6.07) is 1.74. The number of anilines is 2. The highest BCUT2D eigenvalue weighted by Gasteiger charge is 2.16. The Morgan fingerprint density at radius 3 is 2.43 bits per heavy atom. The van der Waals surface area contributed by atoms with Crippen LogP contribution in [0.1, 0.15) is 26.2 Å². The largest absolute Gasteiger partial charge is 0.369 e. The van der Waals surface area contributed by atoms with E-state index < -0.39 is 0 Å². The zero-order chi connectivity index (χ0) is 15.2. The molecule has 0 amide bonds. The smallest absolute Gasteiger partial charge is 0.147 e. The Morgan fingerprint density at radius 1 is 1.19 bits per heavy atom. The minimum Gasteiger partial charge on any atom is -0.369 e. The van der Waals surface area contributed by atoms with Gasteiger partial charge in [-0.25, -0.2) is 4.98 Å². The van der Waals surface area contributed by atoms with E-state index in [1.54, 1.807) is 6.07 Å². The van der Waals surface area contributed by atoms with Crippen molar-refractivity contribution in [3.05, 3.63) is 16.1 Å². The van der Waals surface area contributed by atoms with Crippen LogP contribution in [0.4, 0.5) is 11.6 Å².